The van der Waals surface area contributed by atoms with Gasteiger partial charge in [0, 0.05) is 37.2 Å². The molecule has 0 radical (unpaired) electrons. The van der Waals surface area contributed by atoms with E-state index in [0.29, 0.717) is 50.0 Å². The zero-order valence-corrected chi connectivity index (χ0v) is 22.2. The van der Waals surface area contributed by atoms with Crippen molar-refractivity contribution in [2.45, 2.75) is 70.6 Å². The van der Waals surface area contributed by atoms with Crippen molar-refractivity contribution in [2.24, 2.45) is 0 Å². The van der Waals surface area contributed by atoms with Crippen LogP contribution in [-0.4, -0.2) is 34.7 Å². The molecular weight excluding hydrogens is 471 g/mol. The summed E-state index contributed by atoms with van der Waals surface area (Å²) in [7, 11) is 0. The van der Waals surface area contributed by atoms with Crippen molar-refractivity contribution >= 4 is 23.0 Å². The Hall–Kier alpha value is -2.86. The van der Waals surface area contributed by atoms with Crippen LogP contribution in [0.5, 0.6) is 0 Å². The molecule has 0 spiro atoms. The van der Waals surface area contributed by atoms with Crippen LogP contribution in [-0.2, 0) is 23.1 Å². The van der Waals surface area contributed by atoms with Gasteiger partial charge in [-0.25, -0.2) is 9.37 Å². The molecule has 1 aliphatic rings. The molecule has 0 atom stereocenters. The number of hydrogen-bond donors (Lipinski definition) is 0. The summed E-state index contributed by atoms with van der Waals surface area (Å²) in [5.74, 6) is 0.176. The highest BCUT2D eigenvalue weighted by molar-refractivity contribution is 7.09. The molecule has 1 aromatic heterocycles. The number of aromatic nitrogens is 1. The maximum Gasteiger partial charge on any atom is 0.222 e. The standard InChI is InChI=1S/C30H35FN2O2S/c1-30(2,3)24-10-6-4-8-21(24)12-14-27(34)26-20-36-29(32-26)23-16-18-33(19-17-23)28(35)15-13-22-9-5-7-11-25(22)31/h4-11,20,23H,12-19H2,1-3H3. The van der Waals surface area contributed by atoms with E-state index in [1.165, 1.54) is 17.2 Å². The first-order valence-electron chi connectivity index (χ1n) is 12.8. The lowest BCUT2D eigenvalue weighted by Crippen LogP contribution is -2.38. The van der Waals surface area contributed by atoms with Gasteiger partial charge in [0.2, 0.25) is 5.91 Å². The lowest BCUT2D eigenvalue weighted by Gasteiger charge is -2.31. The summed E-state index contributed by atoms with van der Waals surface area (Å²) in [4.78, 5) is 32.1. The van der Waals surface area contributed by atoms with E-state index in [2.05, 4.69) is 39.0 Å². The number of carbonyl (C=O) groups excluding carboxylic acids is 2. The summed E-state index contributed by atoms with van der Waals surface area (Å²) in [5.41, 5.74) is 3.70. The summed E-state index contributed by atoms with van der Waals surface area (Å²) in [5, 5.41) is 2.88. The zero-order valence-electron chi connectivity index (χ0n) is 21.4. The van der Waals surface area contributed by atoms with Crippen molar-refractivity contribution in [3.8, 4) is 0 Å². The van der Waals surface area contributed by atoms with Gasteiger partial charge in [-0.15, -0.1) is 11.3 Å². The second-order valence-corrected chi connectivity index (χ2v) is 11.5. The number of rotatable bonds is 8. The second-order valence-electron chi connectivity index (χ2n) is 10.6. The molecular formula is C30H35FN2O2S. The number of ketones is 1. The van der Waals surface area contributed by atoms with Crippen molar-refractivity contribution < 1.29 is 14.0 Å². The summed E-state index contributed by atoms with van der Waals surface area (Å²) >= 11 is 1.56. The van der Waals surface area contributed by atoms with Gasteiger partial charge in [-0.3, -0.25) is 9.59 Å². The number of amides is 1. The highest BCUT2D eigenvalue weighted by Crippen LogP contribution is 2.31. The Morgan fingerprint density at radius 1 is 0.972 bits per heavy atom. The lowest BCUT2D eigenvalue weighted by atomic mass is 9.82. The number of piperidine rings is 1. The van der Waals surface area contributed by atoms with Gasteiger partial charge in [-0.1, -0.05) is 63.2 Å². The summed E-state index contributed by atoms with van der Waals surface area (Å²) in [6, 6.07) is 15.0. The van der Waals surface area contributed by atoms with E-state index >= 15 is 0 Å². The molecule has 6 heteroatoms. The number of carbonyl (C=O) groups is 2. The van der Waals surface area contributed by atoms with Gasteiger partial charge in [-0.2, -0.15) is 0 Å². The third-order valence-corrected chi connectivity index (χ3v) is 8.02. The Morgan fingerprint density at radius 2 is 1.61 bits per heavy atom. The Balaban J connectivity index is 1.27. The van der Waals surface area contributed by atoms with Gasteiger partial charge in [-0.05, 0) is 53.9 Å². The monoisotopic (exact) mass is 506 g/mol. The van der Waals surface area contributed by atoms with Crippen LogP contribution < -0.4 is 0 Å². The molecule has 3 aromatic rings. The molecule has 0 N–H and O–H groups in total. The number of thiazole rings is 1. The van der Waals surface area contributed by atoms with E-state index in [-0.39, 0.29) is 28.8 Å². The average Bonchev–Trinajstić information content (AvgIpc) is 3.37. The number of benzene rings is 2. The molecule has 4 rings (SSSR count). The smallest absolute Gasteiger partial charge is 0.222 e. The number of hydrogen-bond acceptors (Lipinski definition) is 4. The van der Waals surface area contributed by atoms with Crippen LogP contribution in [0.15, 0.2) is 53.9 Å². The molecule has 4 nitrogen and oxygen atoms in total. The van der Waals surface area contributed by atoms with Crippen molar-refractivity contribution in [1.29, 1.82) is 0 Å². The Kier molecular flexibility index (Phi) is 8.35. The molecule has 190 valence electrons. The summed E-state index contributed by atoms with van der Waals surface area (Å²) in [6.45, 7) is 7.94. The molecule has 0 bridgehead atoms. The van der Waals surface area contributed by atoms with E-state index < -0.39 is 0 Å². The van der Waals surface area contributed by atoms with Crippen LogP contribution >= 0.6 is 11.3 Å². The van der Waals surface area contributed by atoms with Crippen molar-refractivity contribution in [3.05, 3.63) is 87.1 Å². The van der Waals surface area contributed by atoms with Gasteiger partial charge in [0.1, 0.15) is 11.5 Å². The minimum Gasteiger partial charge on any atom is -0.343 e. The highest BCUT2D eigenvalue weighted by atomic mass is 32.1. The van der Waals surface area contributed by atoms with E-state index in [1.54, 1.807) is 29.5 Å². The van der Waals surface area contributed by atoms with Crippen LogP contribution in [0.3, 0.4) is 0 Å². The topological polar surface area (TPSA) is 50.3 Å². The first kappa shape index (κ1) is 26.2. The Bertz CT molecular complexity index is 1210. The number of Topliss-reactive ketones (excluding diaryl/α,β-unsaturated/α-hetero) is 1. The summed E-state index contributed by atoms with van der Waals surface area (Å²) in [6.07, 6.45) is 3.58. The number of halogens is 1. The minimum absolute atomic E-state index is 0.0431. The molecule has 2 aromatic carbocycles. The Labute approximate surface area is 217 Å². The first-order chi connectivity index (χ1) is 17.2. The van der Waals surface area contributed by atoms with Gasteiger partial charge >= 0.3 is 0 Å². The third kappa shape index (κ3) is 6.47. The normalized spacial score (nSPS) is 14.7. The predicted octanol–water partition coefficient (Wildman–Crippen LogP) is 6.73. The van der Waals surface area contributed by atoms with Crippen LogP contribution in [0.4, 0.5) is 4.39 Å². The molecule has 1 aliphatic heterocycles. The van der Waals surface area contributed by atoms with Crippen LogP contribution in [0.1, 0.15) is 84.6 Å². The zero-order chi connectivity index (χ0) is 25.7. The maximum atomic E-state index is 13.8. The maximum absolute atomic E-state index is 13.8. The molecule has 0 saturated carbocycles. The van der Waals surface area contributed by atoms with E-state index in [0.717, 1.165) is 17.8 Å². The largest absolute Gasteiger partial charge is 0.343 e. The van der Waals surface area contributed by atoms with E-state index in [9.17, 15) is 14.0 Å². The molecule has 36 heavy (non-hydrogen) atoms. The van der Waals surface area contributed by atoms with Gasteiger partial charge in [0.15, 0.2) is 5.78 Å². The van der Waals surface area contributed by atoms with Crippen molar-refractivity contribution in [3.63, 3.8) is 0 Å². The van der Waals surface area contributed by atoms with Crippen LogP contribution in [0.25, 0.3) is 0 Å². The molecule has 1 amide bonds. The van der Waals surface area contributed by atoms with Gasteiger partial charge < -0.3 is 4.90 Å². The van der Waals surface area contributed by atoms with Gasteiger partial charge in [0.05, 0.1) is 5.01 Å². The fourth-order valence-electron chi connectivity index (χ4n) is 4.93. The van der Waals surface area contributed by atoms with Crippen molar-refractivity contribution in [2.75, 3.05) is 13.1 Å². The first-order valence-corrected chi connectivity index (χ1v) is 13.7. The average molecular weight is 507 g/mol. The summed E-state index contributed by atoms with van der Waals surface area (Å²) < 4.78 is 13.8. The highest BCUT2D eigenvalue weighted by Gasteiger charge is 2.26. The number of aryl methyl sites for hydroxylation is 2. The SMILES string of the molecule is CC(C)(C)c1ccccc1CCC(=O)c1csc(C2CCN(C(=O)CCc3ccccc3F)CC2)n1. The fourth-order valence-corrected chi connectivity index (χ4v) is 5.92. The van der Waals surface area contributed by atoms with E-state index in [4.69, 9.17) is 4.98 Å². The molecule has 1 fully saturated rings. The van der Waals surface area contributed by atoms with Crippen LogP contribution in [0.2, 0.25) is 0 Å². The lowest BCUT2D eigenvalue weighted by molar-refractivity contribution is -0.132. The molecule has 2 heterocycles. The van der Waals surface area contributed by atoms with Crippen LogP contribution in [0, 0.1) is 5.82 Å². The number of likely N-dealkylation sites (tertiary alicyclic amines) is 1. The van der Waals surface area contributed by atoms with Crippen molar-refractivity contribution in [1.82, 2.24) is 9.88 Å². The third-order valence-electron chi connectivity index (χ3n) is 7.02. The quantitative estimate of drug-likeness (QED) is 0.318. The number of nitrogens with zero attached hydrogens (tertiary/aromatic N) is 2. The van der Waals surface area contributed by atoms with Gasteiger partial charge in [0.25, 0.3) is 0 Å². The molecule has 0 unspecified atom stereocenters. The second kappa shape index (κ2) is 11.5. The predicted molar refractivity (Wildman–Crippen MR) is 143 cm³/mol. The molecule has 1 saturated heterocycles. The minimum atomic E-state index is -0.253. The Morgan fingerprint density at radius 3 is 2.31 bits per heavy atom. The fraction of sp³-hybridized carbons (Fsp3) is 0.433. The molecule has 0 aliphatic carbocycles. The van der Waals surface area contributed by atoms with E-state index in [1.807, 2.05) is 16.3 Å².